The zero-order chi connectivity index (χ0) is 39.9. The summed E-state index contributed by atoms with van der Waals surface area (Å²) < 4.78 is 11.5. The summed E-state index contributed by atoms with van der Waals surface area (Å²) in [5.41, 5.74) is 2.71. The molecule has 0 bridgehead atoms. The molecule has 0 aromatic heterocycles. The zero-order valence-corrected chi connectivity index (χ0v) is 37.1. The van der Waals surface area contributed by atoms with Crippen molar-refractivity contribution in [2.45, 2.75) is 252 Å². The first-order chi connectivity index (χ1) is 27.0. The average molecular weight is 770 g/mol. The Hall–Kier alpha value is -1.88. The summed E-state index contributed by atoms with van der Waals surface area (Å²) in [5, 5.41) is 0. The number of unbranched alkanes of at least 4 members (excludes halogenated alkanes) is 24. The van der Waals surface area contributed by atoms with Crippen LogP contribution >= 0.6 is 0 Å². The minimum Gasteiger partial charge on any atom is -0.466 e. The lowest BCUT2D eigenvalue weighted by Crippen LogP contribution is -2.25. The molecule has 55 heavy (non-hydrogen) atoms. The molecule has 5 nitrogen and oxygen atoms in total. The molecule has 0 radical (unpaired) electrons. The maximum atomic E-state index is 12.8. The number of hydrogen-bond acceptors (Lipinski definition) is 5. The SMILES string of the molecule is CCCCCCCCCOC(=O)CCCCCCCN(CCCCCCCC(=O)OC(CCCCCCCC)CCCCCCCC)Cc1ccc(C)cc1. The topological polar surface area (TPSA) is 55.8 Å². The van der Waals surface area contributed by atoms with Crippen LogP contribution in [-0.2, 0) is 25.6 Å². The highest BCUT2D eigenvalue weighted by Gasteiger charge is 2.14. The standard InChI is InChI=1S/C50H91NO4/c1-5-8-11-14-17-26-33-44-54-49(52)36-29-22-18-24-31-42-51(45-47-40-38-46(4)39-41-47)43-32-25-19-23-30-37-50(53)55-48(34-27-20-15-12-9-6-2)35-28-21-16-13-10-7-3/h38-41,48H,5-37,42-45H2,1-4H3. The molecule has 0 saturated heterocycles. The lowest BCUT2D eigenvalue weighted by Gasteiger charge is -2.22. The number of hydrogen-bond donors (Lipinski definition) is 0. The van der Waals surface area contributed by atoms with Crippen molar-refractivity contribution >= 4 is 11.9 Å². The minimum atomic E-state index is -0.0126. The summed E-state index contributed by atoms with van der Waals surface area (Å²) in [4.78, 5) is 27.6. The van der Waals surface area contributed by atoms with Gasteiger partial charge in [-0.15, -0.1) is 0 Å². The molecule has 0 saturated carbocycles. The van der Waals surface area contributed by atoms with Gasteiger partial charge in [0.25, 0.3) is 0 Å². The third-order valence-corrected chi connectivity index (χ3v) is 11.3. The number of carbonyl (C=O) groups is 2. The van der Waals surface area contributed by atoms with Crippen molar-refractivity contribution in [3.05, 3.63) is 35.4 Å². The Morgan fingerprint density at radius 3 is 1.38 bits per heavy atom. The van der Waals surface area contributed by atoms with E-state index in [9.17, 15) is 9.59 Å². The molecule has 0 N–H and O–H groups in total. The number of ether oxygens (including phenoxy) is 2. The van der Waals surface area contributed by atoms with Crippen LogP contribution in [0.5, 0.6) is 0 Å². The zero-order valence-electron chi connectivity index (χ0n) is 37.1. The van der Waals surface area contributed by atoms with Gasteiger partial charge in [-0.1, -0.05) is 192 Å². The van der Waals surface area contributed by atoms with Crippen LogP contribution in [-0.4, -0.2) is 42.6 Å². The van der Waals surface area contributed by atoms with Gasteiger partial charge in [-0.2, -0.15) is 0 Å². The van der Waals surface area contributed by atoms with Crippen LogP contribution in [0.4, 0.5) is 0 Å². The smallest absolute Gasteiger partial charge is 0.306 e. The molecule has 0 fully saturated rings. The van der Waals surface area contributed by atoms with E-state index in [1.807, 2.05) is 0 Å². The van der Waals surface area contributed by atoms with Gasteiger partial charge in [-0.25, -0.2) is 0 Å². The molecule has 1 aromatic carbocycles. The number of esters is 2. The lowest BCUT2D eigenvalue weighted by atomic mass is 10.0. The normalized spacial score (nSPS) is 11.5. The van der Waals surface area contributed by atoms with E-state index in [0.29, 0.717) is 19.4 Å². The van der Waals surface area contributed by atoms with Crippen LogP contribution in [0, 0.1) is 6.92 Å². The fraction of sp³-hybridized carbons (Fsp3) is 0.840. The van der Waals surface area contributed by atoms with E-state index in [4.69, 9.17) is 9.47 Å². The summed E-state index contributed by atoms with van der Waals surface area (Å²) in [5.74, 6) is 0.0198. The van der Waals surface area contributed by atoms with Crippen LogP contribution in [0.2, 0.25) is 0 Å². The van der Waals surface area contributed by atoms with Crippen molar-refractivity contribution in [2.24, 2.45) is 0 Å². The molecule has 0 heterocycles. The van der Waals surface area contributed by atoms with Gasteiger partial charge >= 0.3 is 11.9 Å². The molecule has 0 amide bonds. The Kier molecular flexibility index (Phi) is 36.2. The van der Waals surface area contributed by atoms with Crippen molar-refractivity contribution in [2.75, 3.05) is 19.7 Å². The first kappa shape index (κ1) is 51.1. The van der Waals surface area contributed by atoms with Gasteiger partial charge in [0.05, 0.1) is 6.61 Å². The first-order valence-corrected chi connectivity index (χ1v) is 24.1. The highest BCUT2D eigenvalue weighted by molar-refractivity contribution is 5.69. The van der Waals surface area contributed by atoms with Gasteiger partial charge in [0.1, 0.15) is 6.10 Å². The van der Waals surface area contributed by atoms with E-state index in [-0.39, 0.29) is 18.0 Å². The molecule has 1 aromatic rings. The maximum absolute atomic E-state index is 12.8. The number of aryl methyl sites for hydroxylation is 1. The molecule has 5 heteroatoms. The monoisotopic (exact) mass is 770 g/mol. The van der Waals surface area contributed by atoms with E-state index in [0.717, 1.165) is 64.6 Å². The molecule has 0 unspecified atom stereocenters. The fourth-order valence-corrected chi connectivity index (χ4v) is 7.62. The highest BCUT2D eigenvalue weighted by Crippen LogP contribution is 2.19. The molecule has 1 rings (SSSR count). The number of nitrogens with zero attached hydrogens (tertiary/aromatic N) is 1. The Morgan fingerprint density at radius 2 is 0.891 bits per heavy atom. The number of rotatable bonds is 41. The molecule has 0 aliphatic rings. The molecule has 0 aliphatic carbocycles. The van der Waals surface area contributed by atoms with Gasteiger partial charge < -0.3 is 9.47 Å². The number of carbonyl (C=O) groups excluding carboxylic acids is 2. The molecule has 0 aliphatic heterocycles. The van der Waals surface area contributed by atoms with Gasteiger partial charge in [0.2, 0.25) is 0 Å². The predicted octanol–water partition coefficient (Wildman–Crippen LogP) is 15.2. The van der Waals surface area contributed by atoms with Gasteiger partial charge in [-0.3, -0.25) is 14.5 Å². The van der Waals surface area contributed by atoms with Gasteiger partial charge in [0, 0.05) is 19.4 Å². The minimum absolute atomic E-state index is 0.0126. The first-order valence-electron chi connectivity index (χ1n) is 24.1. The van der Waals surface area contributed by atoms with Crippen molar-refractivity contribution in [3.63, 3.8) is 0 Å². The summed E-state index contributed by atoms with van der Waals surface area (Å²) in [7, 11) is 0. The van der Waals surface area contributed by atoms with Gasteiger partial charge in [0.15, 0.2) is 0 Å². The van der Waals surface area contributed by atoms with Crippen LogP contribution in [0.15, 0.2) is 24.3 Å². The maximum Gasteiger partial charge on any atom is 0.306 e. The van der Waals surface area contributed by atoms with Crippen molar-refractivity contribution in [3.8, 4) is 0 Å². The number of benzene rings is 1. The van der Waals surface area contributed by atoms with E-state index in [1.165, 1.54) is 165 Å². The largest absolute Gasteiger partial charge is 0.466 e. The molecular formula is C50H91NO4. The summed E-state index contributed by atoms with van der Waals surface area (Å²) in [6, 6.07) is 9.01. The second-order valence-electron chi connectivity index (χ2n) is 16.9. The van der Waals surface area contributed by atoms with Crippen LogP contribution < -0.4 is 0 Å². The lowest BCUT2D eigenvalue weighted by molar-refractivity contribution is -0.150. The van der Waals surface area contributed by atoms with Crippen LogP contribution in [0.25, 0.3) is 0 Å². The van der Waals surface area contributed by atoms with Crippen LogP contribution in [0.3, 0.4) is 0 Å². The molecular weight excluding hydrogens is 679 g/mol. The van der Waals surface area contributed by atoms with Crippen molar-refractivity contribution in [1.82, 2.24) is 4.90 Å². The Labute approximate surface area is 342 Å². The van der Waals surface area contributed by atoms with Crippen molar-refractivity contribution in [1.29, 1.82) is 0 Å². The highest BCUT2D eigenvalue weighted by atomic mass is 16.5. The summed E-state index contributed by atoms with van der Waals surface area (Å²) in [6.45, 7) is 12.8. The Bertz CT molecular complexity index is 963. The van der Waals surface area contributed by atoms with E-state index >= 15 is 0 Å². The third kappa shape index (κ3) is 33.9. The van der Waals surface area contributed by atoms with E-state index in [1.54, 1.807) is 0 Å². The summed E-state index contributed by atoms with van der Waals surface area (Å²) in [6.07, 6.45) is 38.9. The van der Waals surface area contributed by atoms with Crippen LogP contribution in [0.1, 0.15) is 244 Å². The quantitative estimate of drug-likeness (QED) is 0.0490. The van der Waals surface area contributed by atoms with E-state index in [2.05, 4.69) is 56.9 Å². The fourth-order valence-electron chi connectivity index (χ4n) is 7.62. The summed E-state index contributed by atoms with van der Waals surface area (Å²) >= 11 is 0. The van der Waals surface area contributed by atoms with Gasteiger partial charge in [-0.05, 0) is 83.4 Å². The second kappa shape index (κ2) is 39.0. The third-order valence-electron chi connectivity index (χ3n) is 11.3. The Balaban J connectivity index is 2.28. The predicted molar refractivity (Wildman–Crippen MR) is 237 cm³/mol. The van der Waals surface area contributed by atoms with E-state index < -0.39 is 0 Å². The molecule has 0 atom stereocenters. The molecule has 0 spiro atoms. The second-order valence-corrected chi connectivity index (χ2v) is 16.9. The van der Waals surface area contributed by atoms with Crippen molar-refractivity contribution < 1.29 is 19.1 Å². The Morgan fingerprint density at radius 1 is 0.491 bits per heavy atom. The molecule has 320 valence electrons. The average Bonchev–Trinajstić information content (AvgIpc) is 3.18.